The number of aromatic nitrogens is 1. The van der Waals surface area contributed by atoms with Gasteiger partial charge in [0.2, 0.25) is 0 Å². The molecule has 0 N–H and O–H groups in total. The molecular weight excluding hydrogens is 489 g/mol. The molecule has 0 aliphatic rings. The summed E-state index contributed by atoms with van der Waals surface area (Å²) in [6.07, 6.45) is 3.67. The average molecular weight is 525 g/mol. The van der Waals surface area contributed by atoms with Gasteiger partial charge in [0, 0.05) is 34.3 Å². The zero-order valence-electron chi connectivity index (χ0n) is 22.0. The summed E-state index contributed by atoms with van der Waals surface area (Å²) >= 11 is 13.1. The third-order valence-electron chi connectivity index (χ3n) is 6.14. The first-order valence-corrected chi connectivity index (χ1v) is 13.4. The van der Waals surface area contributed by atoms with E-state index in [2.05, 4.69) is 58.9 Å². The van der Waals surface area contributed by atoms with E-state index in [1.54, 1.807) is 12.3 Å². The molecule has 0 aliphatic carbocycles. The summed E-state index contributed by atoms with van der Waals surface area (Å²) in [5.41, 5.74) is 4.23. The van der Waals surface area contributed by atoms with Gasteiger partial charge in [-0.3, -0.25) is 4.98 Å². The fourth-order valence-electron chi connectivity index (χ4n) is 4.78. The second-order valence-electron chi connectivity index (χ2n) is 11.0. The van der Waals surface area contributed by atoms with Crippen LogP contribution in [0.15, 0.2) is 48.7 Å². The number of hydrogen-bond donors (Lipinski definition) is 0. The molecule has 3 aromatic carbocycles. The van der Waals surface area contributed by atoms with E-state index in [4.69, 9.17) is 37.7 Å². The number of fused-ring (bicyclic) bond motifs is 2. The SMILES string of the molecule is CCOCOc1c(-c2nccc3cc(Cl)cc(Cl)c23)cc2cc(CC(C)C)ccc2c1CC(C)(C)C. The van der Waals surface area contributed by atoms with Gasteiger partial charge in [-0.2, -0.15) is 0 Å². The molecule has 4 aromatic rings. The van der Waals surface area contributed by atoms with Gasteiger partial charge in [-0.05, 0) is 77.1 Å². The maximum atomic E-state index is 6.75. The standard InChI is InChI=1S/C31H35Cl2NO2/c1-7-35-18-36-30-25(29-28-21(10-11-34-29)14-23(32)16-27(28)33)15-22-13-20(12-19(2)3)8-9-24(22)26(30)17-31(4,5)6/h8-11,13-16,19H,7,12,17-18H2,1-6H3. The van der Waals surface area contributed by atoms with Gasteiger partial charge in [0.15, 0.2) is 6.79 Å². The monoisotopic (exact) mass is 523 g/mol. The van der Waals surface area contributed by atoms with Gasteiger partial charge in [0.05, 0.1) is 10.7 Å². The van der Waals surface area contributed by atoms with E-state index in [1.807, 2.05) is 19.1 Å². The lowest BCUT2D eigenvalue weighted by Crippen LogP contribution is -2.13. The number of halogens is 2. The topological polar surface area (TPSA) is 31.4 Å². The van der Waals surface area contributed by atoms with Crippen LogP contribution >= 0.6 is 23.2 Å². The van der Waals surface area contributed by atoms with Crippen LogP contribution in [0.1, 0.15) is 52.7 Å². The van der Waals surface area contributed by atoms with Crippen LogP contribution in [-0.4, -0.2) is 18.4 Å². The summed E-state index contributed by atoms with van der Waals surface area (Å²) in [6.45, 7) is 14.0. The molecule has 4 rings (SSSR count). The maximum absolute atomic E-state index is 6.75. The zero-order valence-corrected chi connectivity index (χ0v) is 23.6. The average Bonchev–Trinajstić information content (AvgIpc) is 2.78. The smallest absolute Gasteiger partial charge is 0.189 e. The lowest BCUT2D eigenvalue weighted by Gasteiger charge is -2.25. The molecule has 190 valence electrons. The number of rotatable bonds is 8. The summed E-state index contributed by atoms with van der Waals surface area (Å²) < 4.78 is 12.0. The summed E-state index contributed by atoms with van der Waals surface area (Å²) in [6, 6.07) is 14.6. The van der Waals surface area contributed by atoms with Gasteiger partial charge in [-0.15, -0.1) is 0 Å². The van der Waals surface area contributed by atoms with Gasteiger partial charge < -0.3 is 9.47 Å². The van der Waals surface area contributed by atoms with E-state index in [1.165, 1.54) is 16.3 Å². The van der Waals surface area contributed by atoms with Crippen LogP contribution in [0.2, 0.25) is 10.0 Å². The Kier molecular flexibility index (Phi) is 8.14. The largest absolute Gasteiger partial charge is 0.467 e. The van der Waals surface area contributed by atoms with Crippen molar-refractivity contribution in [2.45, 2.75) is 54.4 Å². The zero-order chi connectivity index (χ0) is 26.0. The first-order valence-electron chi connectivity index (χ1n) is 12.6. The number of ether oxygens (including phenoxy) is 2. The summed E-state index contributed by atoms with van der Waals surface area (Å²) in [5, 5.41) is 5.35. The first kappa shape index (κ1) is 26.7. The van der Waals surface area contributed by atoms with E-state index >= 15 is 0 Å². The molecule has 5 heteroatoms. The first-order chi connectivity index (χ1) is 17.1. The van der Waals surface area contributed by atoms with Crippen LogP contribution in [0, 0.1) is 11.3 Å². The highest BCUT2D eigenvalue weighted by molar-refractivity contribution is 6.39. The minimum absolute atomic E-state index is 0.0449. The van der Waals surface area contributed by atoms with E-state index in [-0.39, 0.29) is 12.2 Å². The normalized spacial score (nSPS) is 12.1. The number of nitrogens with zero attached hydrogens (tertiary/aromatic N) is 1. The van der Waals surface area contributed by atoms with Crippen molar-refractivity contribution in [3.05, 3.63) is 69.8 Å². The van der Waals surface area contributed by atoms with Crippen molar-refractivity contribution in [2.75, 3.05) is 13.4 Å². The Morgan fingerprint density at radius 2 is 1.75 bits per heavy atom. The maximum Gasteiger partial charge on any atom is 0.189 e. The van der Waals surface area contributed by atoms with Crippen molar-refractivity contribution >= 4 is 44.7 Å². The number of benzene rings is 3. The molecule has 1 aromatic heterocycles. The van der Waals surface area contributed by atoms with Crippen LogP contribution in [0.4, 0.5) is 0 Å². The molecule has 0 spiro atoms. The van der Waals surface area contributed by atoms with Gasteiger partial charge in [0.25, 0.3) is 0 Å². The fraction of sp³-hybridized carbons (Fsp3) is 0.387. The number of pyridine rings is 1. The molecule has 0 aliphatic heterocycles. The van der Waals surface area contributed by atoms with Crippen molar-refractivity contribution in [1.29, 1.82) is 0 Å². The predicted octanol–water partition coefficient (Wildman–Crippen LogP) is 9.52. The molecule has 0 radical (unpaired) electrons. The van der Waals surface area contributed by atoms with E-state index in [0.29, 0.717) is 22.6 Å². The van der Waals surface area contributed by atoms with Crippen molar-refractivity contribution < 1.29 is 9.47 Å². The van der Waals surface area contributed by atoms with Gasteiger partial charge in [0.1, 0.15) is 5.75 Å². The molecule has 0 unspecified atom stereocenters. The molecule has 0 bridgehead atoms. The Morgan fingerprint density at radius 1 is 0.972 bits per heavy atom. The van der Waals surface area contributed by atoms with Gasteiger partial charge in [-0.1, -0.05) is 76.0 Å². The Labute approximate surface area is 224 Å². The third kappa shape index (κ3) is 5.96. The van der Waals surface area contributed by atoms with E-state index in [0.717, 1.165) is 46.2 Å². The van der Waals surface area contributed by atoms with Crippen molar-refractivity contribution in [3.63, 3.8) is 0 Å². The molecule has 0 saturated carbocycles. The molecular formula is C31H35Cl2NO2. The Morgan fingerprint density at radius 3 is 2.44 bits per heavy atom. The van der Waals surface area contributed by atoms with E-state index < -0.39 is 0 Å². The molecule has 3 nitrogen and oxygen atoms in total. The van der Waals surface area contributed by atoms with E-state index in [9.17, 15) is 0 Å². The van der Waals surface area contributed by atoms with Crippen molar-refractivity contribution in [1.82, 2.24) is 4.98 Å². The molecule has 0 atom stereocenters. The van der Waals surface area contributed by atoms with Crippen molar-refractivity contribution in [3.8, 4) is 17.0 Å². The predicted molar refractivity (Wildman–Crippen MR) is 154 cm³/mol. The fourth-order valence-corrected chi connectivity index (χ4v) is 5.38. The molecule has 0 amide bonds. The quantitative estimate of drug-likeness (QED) is 0.170. The Bertz CT molecular complexity index is 1390. The minimum Gasteiger partial charge on any atom is -0.467 e. The van der Waals surface area contributed by atoms with Crippen LogP contribution in [-0.2, 0) is 17.6 Å². The summed E-state index contributed by atoms with van der Waals surface area (Å²) in [5.74, 6) is 1.38. The molecule has 0 saturated heterocycles. The van der Waals surface area contributed by atoms with Crippen molar-refractivity contribution in [2.24, 2.45) is 11.3 Å². The van der Waals surface area contributed by atoms with Crippen LogP contribution < -0.4 is 4.74 Å². The second-order valence-corrected chi connectivity index (χ2v) is 11.9. The third-order valence-corrected chi connectivity index (χ3v) is 6.65. The highest BCUT2D eigenvalue weighted by Crippen LogP contribution is 2.44. The van der Waals surface area contributed by atoms with Gasteiger partial charge >= 0.3 is 0 Å². The number of hydrogen-bond acceptors (Lipinski definition) is 3. The highest BCUT2D eigenvalue weighted by Gasteiger charge is 2.24. The van der Waals surface area contributed by atoms with Gasteiger partial charge in [-0.25, -0.2) is 0 Å². The summed E-state index contributed by atoms with van der Waals surface area (Å²) in [7, 11) is 0. The molecule has 36 heavy (non-hydrogen) atoms. The highest BCUT2D eigenvalue weighted by atomic mass is 35.5. The summed E-state index contributed by atoms with van der Waals surface area (Å²) in [4.78, 5) is 4.82. The second kappa shape index (κ2) is 11.0. The van der Waals surface area contributed by atoms with Crippen LogP contribution in [0.25, 0.3) is 32.8 Å². The lowest BCUT2D eigenvalue weighted by molar-refractivity contribution is 0.0221. The Balaban J connectivity index is 2.07. The lowest BCUT2D eigenvalue weighted by atomic mass is 9.83. The molecule has 1 heterocycles. The Hall–Kier alpha value is -2.33. The molecule has 0 fully saturated rings. The van der Waals surface area contributed by atoms with Crippen LogP contribution in [0.3, 0.4) is 0 Å². The minimum atomic E-state index is 0.0449. The van der Waals surface area contributed by atoms with Crippen LogP contribution in [0.5, 0.6) is 5.75 Å².